The predicted molar refractivity (Wildman–Crippen MR) is 102 cm³/mol. The summed E-state index contributed by atoms with van der Waals surface area (Å²) < 4.78 is 29.4. The van der Waals surface area contributed by atoms with E-state index in [1.54, 1.807) is 24.3 Å². The number of hydrazone groups is 1. The summed E-state index contributed by atoms with van der Waals surface area (Å²) in [5.74, 6) is 0.373. The first-order valence-corrected chi connectivity index (χ1v) is 8.87. The van der Waals surface area contributed by atoms with Gasteiger partial charge >= 0.3 is 0 Å². The number of nitrogens with zero attached hydrogens (tertiary/aromatic N) is 2. The molecule has 0 fully saturated rings. The second kappa shape index (κ2) is 7.78. The number of carbonyl (C=O) groups excluding carboxylic acids is 1. The maximum Gasteiger partial charge on any atom is 0.289 e. The standard InChI is InChI=1S/C20H18FN3O5/c1-11-17(20(25)23-22-9-12-4-3-5-14(21)6-12)24-29-18(11)13-7-15(26-2)19-16(8-13)27-10-28-19/h3-9,11,18H,10H2,1-2H3,(H,23,25)/b22-9+. The fourth-order valence-electron chi connectivity index (χ4n) is 3.15. The lowest BCUT2D eigenvalue weighted by atomic mass is 9.93. The number of oxime groups is 1. The zero-order valence-electron chi connectivity index (χ0n) is 15.7. The van der Waals surface area contributed by atoms with Crippen LogP contribution in [0.5, 0.6) is 17.2 Å². The van der Waals surface area contributed by atoms with Gasteiger partial charge in [-0.25, -0.2) is 9.82 Å². The summed E-state index contributed by atoms with van der Waals surface area (Å²) >= 11 is 0. The molecule has 150 valence electrons. The molecule has 2 heterocycles. The van der Waals surface area contributed by atoms with Crippen LogP contribution in [0.4, 0.5) is 4.39 Å². The van der Waals surface area contributed by atoms with Crippen LogP contribution >= 0.6 is 0 Å². The molecule has 0 aromatic heterocycles. The van der Waals surface area contributed by atoms with E-state index in [0.29, 0.717) is 22.8 Å². The van der Waals surface area contributed by atoms with Crippen LogP contribution in [0.1, 0.15) is 24.2 Å². The monoisotopic (exact) mass is 399 g/mol. The minimum Gasteiger partial charge on any atom is -0.493 e. The van der Waals surface area contributed by atoms with Crippen molar-refractivity contribution in [3.05, 3.63) is 53.3 Å². The Hall–Kier alpha value is -3.62. The molecule has 0 saturated carbocycles. The molecule has 2 aromatic carbocycles. The Morgan fingerprint density at radius 1 is 1.34 bits per heavy atom. The van der Waals surface area contributed by atoms with Gasteiger partial charge in [0.2, 0.25) is 12.5 Å². The summed E-state index contributed by atoms with van der Waals surface area (Å²) in [4.78, 5) is 17.9. The number of carbonyl (C=O) groups is 1. The van der Waals surface area contributed by atoms with Crippen molar-refractivity contribution >= 4 is 17.8 Å². The maximum atomic E-state index is 13.2. The molecular weight excluding hydrogens is 381 g/mol. The average molecular weight is 399 g/mol. The van der Waals surface area contributed by atoms with E-state index in [4.69, 9.17) is 19.0 Å². The highest BCUT2D eigenvalue weighted by Crippen LogP contribution is 2.45. The highest BCUT2D eigenvalue weighted by molar-refractivity contribution is 6.39. The van der Waals surface area contributed by atoms with E-state index in [1.807, 2.05) is 6.92 Å². The van der Waals surface area contributed by atoms with Crippen molar-refractivity contribution < 1.29 is 28.2 Å². The van der Waals surface area contributed by atoms with Crippen molar-refractivity contribution in [3.63, 3.8) is 0 Å². The highest BCUT2D eigenvalue weighted by atomic mass is 19.1. The van der Waals surface area contributed by atoms with Crippen molar-refractivity contribution in [2.75, 3.05) is 13.9 Å². The van der Waals surface area contributed by atoms with Crippen LogP contribution in [0.15, 0.2) is 46.7 Å². The SMILES string of the molecule is COc1cc(C2ON=C(C(=O)N/N=C/c3cccc(F)c3)C2C)cc2c1OCO2. The van der Waals surface area contributed by atoms with Crippen molar-refractivity contribution in [3.8, 4) is 17.2 Å². The zero-order valence-corrected chi connectivity index (χ0v) is 15.7. The Morgan fingerprint density at radius 3 is 3.00 bits per heavy atom. The summed E-state index contributed by atoms with van der Waals surface area (Å²) in [5, 5.41) is 7.77. The number of benzene rings is 2. The molecule has 0 aliphatic carbocycles. The lowest BCUT2D eigenvalue weighted by Crippen LogP contribution is -2.31. The first-order chi connectivity index (χ1) is 14.1. The molecule has 0 saturated heterocycles. The van der Waals surface area contributed by atoms with Gasteiger partial charge in [0.25, 0.3) is 5.91 Å². The molecule has 0 spiro atoms. The Balaban J connectivity index is 1.44. The summed E-state index contributed by atoms with van der Waals surface area (Å²) in [6.45, 7) is 1.94. The summed E-state index contributed by atoms with van der Waals surface area (Å²) in [6, 6.07) is 9.41. The Kier molecular flexibility index (Phi) is 5.03. The van der Waals surface area contributed by atoms with E-state index in [-0.39, 0.29) is 24.2 Å². The summed E-state index contributed by atoms with van der Waals surface area (Å²) in [7, 11) is 1.53. The molecule has 2 aliphatic rings. The molecular formula is C20H18FN3O5. The number of fused-ring (bicyclic) bond motifs is 1. The second-order valence-corrected chi connectivity index (χ2v) is 6.50. The molecule has 2 aliphatic heterocycles. The molecule has 4 rings (SSSR count). The van der Waals surface area contributed by atoms with Gasteiger partial charge in [0, 0.05) is 5.56 Å². The van der Waals surface area contributed by atoms with Crippen molar-refractivity contribution in [2.45, 2.75) is 13.0 Å². The van der Waals surface area contributed by atoms with Gasteiger partial charge in [-0.1, -0.05) is 24.2 Å². The van der Waals surface area contributed by atoms with Crippen LogP contribution in [0, 0.1) is 11.7 Å². The van der Waals surface area contributed by atoms with Crippen LogP contribution in [0.3, 0.4) is 0 Å². The van der Waals surface area contributed by atoms with Gasteiger partial charge in [-0.3, -0.25) is 4.79 Å². The van der Waals surface area contributed by atoms with Crippen LogP contribution in [0.25, 0.3) is 0 Å². The predicted octanol–water partition coefficient (Wildman–Crippen LogP) is 2.78. The molecule has 2 aromatic rings. The number of halogens is 1. The van der Waals surface area contributed by atoms with Crippen molar-refractivity contribution in [1.29, 1.82) is 0 Å². The highest BCUT2D eigenvalue weighted by Gasteiger charge is 2.37. The Labute approximate surface area is 165 Å². The number of hydrogen-bond acceptors (Lipinski definition) is 7. The fourth-order valence-corrected chi connectivity index (χ4v) is 3.15. The van der Waals surface area contributed by atoms with Gasteiger partial charge in [-0.15, -0.1) is 0 Å². The first-order valence-electron chi connectivity index (χ1n) is 8.87. The van der Waals surface area contributed by atoms with Crippen LogP contribution in [0.2, 0.25) is 0 Å². The van der Waals surface area contributed by atoms with Gasteiger partial charge in [0.15, 0.2) is 23.3 Å². The summed E-state index contributed by atoms with van der Waals surface area (Å²) in [5.41, 5.74) is 3.85. The number of rotatable bonds is 5. The Morgan fingerprint density at radius 2 is 2.21 bits per heavy atom. The van der Waals surface area contributed by atoms with Gasteiger partial charge < -0.3 is 19.0 Å². The van der Waals surface area contributed by atoms with E-state index >= 15 is 0 Å². The average Bonchev–Trinajstić information content (AvgIpc) is 3.33. The number of methoxy groups -OCH3 is 1. The zero-order chi connectivity index (χ0) is 20.4. The minimum atomic E-state index is -0.500. The van der Waals surface area contributed by atoms with Crippen LogP contribution in [-0.2, 0) is 9.63 Å². The summed E-state index contributed by atoms with van der Waals surface area (Å²) in [6.07, 6.45) is 0.855. The van der Waals surface area contributed by atoms with E-state index in [9.17, 15) is 9.18 Å². The van der Waals surface area contributed by atoms with Gasteiger partial charge in [-0.05, 0) is 29.8 Å². The fraction of sp³-hybridized carbons (Fsp3) is 0.250. The Bertz CT molecular complexity index is 1010. The third-order valence-corrected chi connectivity index (χ3v) is 4.62. The minimum absolute atomic E-state index is 0.115. The molecule has 0 radical (unpaired) electrons. The normalized spacial score (nSPS) is 19.8. The molecule has 2 unspecified atom stereocenters. The van der Waals surface area contributed by atoms with Crippen molar-refractivity contribution in [2.24, 2.45) is 16.2 Å². The van der Waals surface area contributed by atoms with Crippen LogP contribution in [-0.4, -0.2) is 31.7 Å². The smallest absolute Gasteiger partial charge is 0.289 e. The molecule has 29 heavy (non-hydrogen) atoms. The molecule has 1 amide bonds. The van der Waals surface area contributed by atoms with E-state index in [1.165, 1.54) is 25.5 Å². The number of nitrogens with one attached hydrogen (secondary N) is 1. The molecule has 2 atom stereocenters. The number of amides is 1. The first kappa shape index (κ1) is 18.7. The second-order valence-electron chi connectivity index (χ2n) is 6.50. The molecule has 1 N–H and O–H groups in total. The van der Waals surface area contributed by atoms with Crippen molar-refractivity contribution in [1.82, 2.24) is 5.43 Å². The molecule has 9 heteroatoms. The topological polar surface area (TPSA) is 90.7 Å². The largest absolute Gasteiger partial charge is 0.493 e. The number of hydrogen-bond donors (Lipinski definition) is 1. The maximum absolute atomic E-state index is 13.2. The van der Waals surface area contributed by atoms with E-state index < -0.39 is 12.0 Å². The molecule has 0 bridgehead atoms. The van der Waals surface area contributed by atoms with Crippen LogP contribution < -0.4 is 19.6 Å². The third kappa shape index (κ3) is 3.71. The van der Waals surface area contributed by atoms with Gasteiger partial charge in [0.1, 0.15) is 5.82 Å². The van der Waals surface area contributed by atoms with Gasteiger partial charge in [0.05, 0.1) is 19.2 Å². The lowest BCUT2D eigenvalue weighted by Gasteiger charge is -2.16. The molecule has 8 nitrogen and oxygen atoms in total. The van der Waals surface area contributed by atoms with Gasteiger partial charge in [-0.2, -0.15) is 5.10 Å². The quantitative estimate of drug-likeness (QED) is 0.617. The van der Waals surface area contributed by atoms with E-state index in [0.717, 1.165) is 5.56 Å². The number of ether oxygens (including phenoxy) is 3. The third-order valence-electron chi connectivity index (χ3n) is 4.62. The van der Waals surface area contributed by atoms with E-state index in [2.05, 4.69) is 15.7 Å². The lowest BCUT2D eigenvalue weighted by molar-refractivity contribution is -0.115.